The van der Waals surface area contributed by atoms with Crippen LogP contribution in [-0.4, -0.2) is 45.6 Å². The zero-order valence-corrected chi connectivity index (χ0v) is 16.5. The van der Waals surface area contributed by atoms with Crippen molar-refractivity contribution in [1.29, 1.82) is 0 Å². The Morgan fingerprint density at radius 1 is 1.14 bits per heavy atom. The number of nitrogens with one attached hydrogen (secondary N) is 1. The van der Waals surface area contributed by atoms with Gasteiger partial charge in [0.25, 0.3) is 5.91 Å². The summed E-state index contributed by atoms with van der Waals surface area (Å²) in [6.45, 7) is 1.39. The molecule has 0 bridgehead atoms. The lowest BCUT2D eigenvalue weighted by Crippen LogP contribution is -2.46. The molecule has 28 heavy (non-hydrogen) atoms. The van der Waals surface area contributed by atoms with Crippen molar-refractivity contribution >= 4 is 11.8 Å². The van der Waals surface area contributed by atoms with Gasteiger partial charge in [-0.1, -0.05) is 18.2 Å². The number of nitrogens with zero attached hydrogens (tertiary/aromatic N) is 3. The lowest BCUT2D eigenvalue weighted by atomic mass is 9.90. The fraction of sp³-hybridized carbons (Fsp3) is 0.500. The van der Waals surface area contributed by atoms with E-state index in [9.17, 15) is 9.59 Å². The van der Waals surface area contributed by atoms with Crippen LogP contribution in [0.15, 0.2) is 30.6 Å². The number of fused-ring (bicyclic) bond motifs is 1. The number of rotatable bonds is 4. The monoisotopic (exact) mass is 380 g/mol. The summed E-state index contributed by atoms with van der Waals surface area (Å²) in [5.41, 5.74) is 4.58. The lowest BCUT2D eigenvalue weighted by Gasteiger charge is -2.32. The molecule has 6 nitrogen and oxygen atoms in total. The van der Waals surface area contributed by atoms with E-state index >= 15 is 0 Å². The third-order valence-electron chi connectivity index (χ3n) is 5.92. The van der Waals surface area contributed by atoms with Gasteiger partial charge in [0.2, 0.25) is 5.91 Å². The Bertz CT molecular complexity index is 865. The maximum absolute atomic E-state index is 12.7. The van der Waals surface area contributed by atoms with E-state index in [0.717, 1.165) is 24.8 Å². The van der Waals surface area contributed by atoms with Gasteiger partial charge in [0.1, 0.15) is 0 Å². The van der Waals surface area contributed by atoms with Crippen LogP contribution in [0.25, 0.3) is 0 Å². The molecule has 4 rings (SSSR count). The van der Waals surface area contributed by atoms with Gasteiger partial charge in [-0.25, -0.2) is 0 Å². The molecule has 0 atom stereocenters. The molecule has 1 aromatic carbocycles. The molecule has 1 saturated heterocycles. The zero-order chi connectivity index (χ0) is 19.5. The maximum atomic E-state index is 12.7. The average Bonchev–Trinajstić information content (AvgIpc) is 3.15. The van der Waals surface area contributed by atoms with Crippen molar-refractivity contribution in [2.45, 2.75) is 51.0 Å². The number of hydrogen-bond donors (Lipinski definition) is 1. The van der Waals surface area contributed by atoms with E-state index in [1.165, 1.54) is 30.4 Å². The van der Waals surface area contributed by atoms with E-state index in [0.29, 0.717) is 25.1 Å². The van der Waals surface area contributed by atoms with Gasteiger partial charge in [0.15, 0.2) is 0 Å². The SMILES string of the molecule is Cn1cc(C(=O)NC2CCN(C(=O)Cc3ccc4c(c3)CCCC4)CC2)cn1. The molecule has 2 aromatic rings. The second kappa shape index (κ2) is 8.17. The second-order valence-corrected chi connectivity index (χ2v) is 8.02. The van der Waals surface area contributed by atoms with Crippen LogP contribution >= 0.6 is 0 Å². The van der Waals surface area contributed by atoms with Crippen molar-refractivity contribution in [3.8, 4) is 0 Å². The molecule has 2 aliphatic rings. The Morgan fingerprint density at radius 3 is 2.61 bits per heavy atom. The van der Waals surface area contributed by atoms with Crippen molar-refractivity contribution in [1.82, 2.24) is 20.0 Å². The largest absolute Gasteiger partial charge is 0.349 e. The highest BCUT2D eigenvalue weighted by molar-refractivity contribution is 5.93. The first kappa shape index (κ1) is 18.7. The number of hydrogen-bond acceptors (Lipinski definition) is 3. The molecule has 2 amide bonds. The highest BCUT2D eigenvalue weighted by atomic mass is 16.2. The first-order chi connectivity index (χ1) is 13.6. The highest BCUT2D eigenvalue weighted by Crippen LogP contribution is 2.23. The molecule has 6 heteroatoms. The van der Waals surface area contributed by atoms with Gasteiger partial charge in [-0.05, 0) is 55.2 Å². The molecule has 0 spiro atoms. The lowest BCUT2D eigenvalue weighted by molar-refractivity contribution is -0.131. The molecule has 1 fully saturated rings. The third kappa shape index (κ3) is 4.26. The number of amides is 2. The Hall–Kier alpha value is -2.63. The molecule has 1 aromatic heterocycles. The summed E-state index contributed by atoms with van der Waals surface area (Å²) in [6, 6.07) is 6.66. The van der Waals surface area contributed by atoms with E-state index in [2.05, 4.69) is 28.6 Å². The molecule has 2 heterocycles. The molecular weight excluding hydrogens is 352 g/mol. The normalized spacial score (nSPS) is 17.2. The molecular formula is C22H28N4O2. The molecule has 0 radical (unpaired) electrons. The van der Waals surface area contributed by atoms with E-state index < -0.39 is 0 Å². The Kier molecular flexibility index (Phi) is 5.46. The Labute approximate surface area is 165 Å². The number of aromatic nitrogens is 2. The van der Waals surface area contributed by atoms with Crippen LogP contribution in [-0.2, 0) is 31.1 Å². The van der Waals surface area contributed by atoms with Crippen LogP contribution in [0.3, 0.4) is 0 Å². The van der Waals surface area contributed by atoms with Gasteiger partial charge in [0, 0.05) is 32.4 Å². The molecule has 0 saturated carbocycles. The van der Waals surface area contributed by atoms with Gasteiger partial charge in [-0.2, -0.15) is 5.10 Å². The van der Waals surface area contributed by atoms with Crippen LogP contribution in [0.4, 0.5) is 0 Å². The molecule has 1 aliphatic carbocycles. The second-order valence-electron chi connectivity index (χ2n) is 8.02. The topological polar surface area (TPSA) is 67.2 Å². The van der Waals surface area contributed by atoms with Crippen molar-refractivity contribution in [3.63, 3.8) is 0 Å². The first-order valence-corrected chi connectivity index (χ1v) is 10.3. The van der Waals surface area contributed by atoms with Crippen LogP contribution in [0.2, 0.25) is 0 Å². The van der Waals surface area contributed by atoms with E-state index in [1.54, 1.807) is 24.1 Å². The highest BCUT2D eigenvalue weighted by Gasteiger charge is 2.24. The number of carbonyl (C=O) groups excluding carboxylic acids is 2. The van der Waals surface area contributed by atoms with E-state index in [1.807, 2.05) is 4.90 Å². The fourth-order valence-corrected chi connectivity index (χ4v) is 4.26. The van der Waals surface area contributed by atoms with E-state index in [4.69, 9.17) is 0 Å². The van der Waals surface area contributed by atoms with Gasteiger partial charge in [0.05, 0.1) is 18.2 Å². The summed E-state index contributed by atoms with van der Waals surface area (Å²) >= 11 is 0. The molecule has 1 N–H and O–H groups in total. The molecule has 0 unspecified atom stereocenters. The first-order valence-electron chi connectivity index (χ1n) is 10.3. The summed E-state index contributed by atoms with van der Waals surface area (Å²) in [5, 5.41) is 7.10. The van der Waals surface area contributed by atoms with Gasteiger partial charge < -0.3 is 10.2 Å². The van der Waals surface area contributed by atoms with Gasteiger partial charge in [-0.3, -0.25) is 14.3 Å². The van der Waals surface area contributed by atoms with Crippen molar-refractivity contribution in [3.05, 3.63) is 52.8 Å². The third-order valence-corrected chi connectivity index (χ3v) is 5.92. The summed E-state index contributed by atoms with van der Waals surface area (Å²) < 4.78 is 1.62. The maximum Gasteiger partial charge on any atom is 0.254 e. The minimum absolute atomic E-state index is 0.0908. The minimum Gasteiger partial charge on any atom is -0.349 e. The van der Waals surface area contributed by atoms with Gasteiger partial charge >= 0.3 is 0 Å². The number of likely N-dealkylation sites (tertiary alicyclic amines) is 1. The smallest absolute Gasteiger partial charge is 0.254 e. The van der Waals surface area contributed by atoms with Crippen molar-refractivity contribution in [2.24, 2.45) is 7.05 Å². The number of aryl methyl sites for hydroxylation is 3. The Balaban J connectivity index is 1.27. The summed E-state index contributed by atoms with van der Waals surface area (Å²) in [6.07, 6.45) is 10.2. The summed E-state index contributed by atoms with van der Waals surface area (Å²) in [4.78, 5) is 26.9. The predicted octanol–water partition coefficient (Wildman–Crippen LogP) is 2.26. The van der Waals surface area contributed by atoms with E-state index in [-0.39, 0.29) is 17.9 Å². The Morgan fingerprint density at radius 2 is 1.89 bits per heavy atom. The minimum atomic E-state index is -0.0908. The number of carbonyl (C=O) groups is 2. The molecule has 148 valence electrons. The van der Waals surface area contributed by atoms with Crippen molar-refractivity contribution in [2.75, 3.05) is 13.1 Å². The van der Waals surface area contributed by atoms with Crippen molar-refractivity contribution < 1.29 is 9.59 Å². The van der Waals surface area contributed by atoms with Crippen LogP contribution in [0.5, 0.6) is 0 Å². The zero-order valence-electron chi connectivity index (χ0n) is 16.5. The van der Waals surface area contributed by atoms with Crippen LogP contribution < -0.4 is 5.32 Å². The number of benzene rings is 1. The fourth-order valence-electron chi connectivity index (χ4n) is 4.26. The van der Waals surface area contributed by atoms with Gasteiger partial charge in [-0.15, -0.1) is 0 Å². The quantitative estimate of drug-likeness (QED) is 0.885. The standard InChI is InChI=1S/C22H28N4O2/c1-25-15-19(14-23-25)22(28)24-20-8-10-26(11-9-20)21(27)13-16-6-7-17-4-2-3-5-18(17)12-16/h6-7,12,14-15,20H,2-5,8-11,13H2,1H3,(H,24,28). The predicted molar refractivity (Wildman–Crippen MR) is 107 cm³/mol. The summed E-state index contributed by atoms with van der Waals surface area (Å²) in [7, 11) is 1.80. The number of piperidine rings is 1. The van der Waals surface area contributed by atoms with Crippen LogP contribution in [0.1, 0.15) is 52.7 Å². The summed E-state index contributed by atoms with van der Waals surface area (Å²) in [5.74, 6) is 0.0970. The van der Waals surface area contributed by atoms with Crippen LogP contribution in [0, 0.1) is 0 Å². The molecule has 1 aliphatic heterocycles. The average molecular weight is 380 g/mol.